The van der Waals surface area contributed by atoms with Gasteiger partial charge in [0.25, 0.3) is 0 Å². The van der Waals surface area contributed by atoms with Crippen molar-refractivity contribution in [2.45, 2.75) is 9.79 Å². The molecule has 0 unspecified atom stereocenters. The molecule has 0 fully saturated rings. The molecule has 0 atom stereocenters. The lowest BCUT2D eigenvalue weighted by atomic mass is 9.88. The molecule has 0 saturated carbocycles. The quantitative estimate of drug-likeness (QED) is 0.194. The van der Waals surface area contributed by atoms with E-state index in [4.69, 9.17) is 4.42 Å². The SMILES string of the molecule is c1ccc(-c2ccccc2-c2ccccc2-c2ccccc2-c2ccc(-c3ccc4c(c3)-c3cccc5cccc(c35)S4)o2)cc1. The molecule has 0 saturated heterocycles. The van der Waals surface area contributed by atoms with Crippen LogP contribution < -0.4 is 0 Å². The molecule has 9 rings (SSSR count). The van der Waals surface area contributed by atoms with Crippen molar-refractivity contribution in [2.75, 3.05) is 0 Å². The predicted octanol–water partition coefficient (Wildman–Crippen LogP) is 12.9. The van der Waals surface area contributed by atoms with Crippen molar-refractivity contribution in [3.8, 4) is 67.2 Å². The van der Waals surface area contributed by atoms with Crippen molar-refractivity contribution < 1.29 is 4.42 Å². The minimum atomic E-state index is 0.858. The largest absolute Gasteiger partial charge is 0.456 e. The van der Waals surface area contributed by atoms with E-state index in [1.165, 1.54) is 59.5 Å². The molecular weight excluding hydrogens is 577 g/mol. The Labute approximate surface area is 272 Å². The maximum absolute atomic E-state index is 6.68. The topological polar surface area (TPSA) is 13.1 Å². The van der Waals surface area contributed by atoms with Crippen LogP contribution in [0.1, 0.15) is 0 Å². The first kappa shape index (κ1) is 26.8. The Bertz CT molecular complexity index is 2390. The van der Waals surface area contributed by atoms with Gasteiger partial charge in [-0.15, -0.1) is 0 Å². The summed E-state index contributed by atoms with van der Waals surface area (Å²) in [5.74, 6) is 1.72. The number of fused-ring (bicyclic) bond motifs is 2. The second-order valence-corrected chi connectivity index (χ2v) is 12.7. The second kappa shape index (κ2) is 11.1. The average molecular weight is 605 g/mol. The molecule has 216 valence electrons. The monoisotopic (exact) mass is 604 g/mol. The molecule has 0 N–H and O–H groups in total. The van der Waals surface area contributed by atoms with Gasteiger partial charge in [-0.05, 0) is 80.2 Å². The summed E-state index contributed by atoms with van der Waals surface area (Å²) in [7, 11) is 0. The summed E-state index contributed by atoms with van der Waals surface area (Å²) in [6, 6.07) is 60.7. The van der Waals surface area contributed by atoms with Crippen molar-refractivity contribution in [3.63, 3.8) is 0 Å². The van der Waals surface area contributed by atoms with Gasteiger partial charge < -0.3 is 4.42 Å². The van der Waals surface area contributed by atoms with Crippen molar-refractivity contribution in [2.24, 2.45) is 0 Å². The van der Waals surface area contributed by atoms with Gasteiger partial charge in [-0.25, -0.2) is 0 Å². The van der Waals surface area contributed by atoms with E-state index in [1.54, 1.807) is 0 Å². The van der Waals surface area contributed by atoms with Crippen molar-refractivity contribution >= 4 is 22.5 Å². The highest BCUT2D eigenvalue weighted by Gasteiger charge is 2.21. The minimum absolute atomic E-state index is 0.858. The third-order valence-electron chi connectivity index (χ3n) is 8.96. The number of benzene rings is 7. The third-order valence-corrected chi connectivity index (χ3v) is 10.1. The number of hydrogen-bond acceptors (Lipinski definition) is 2. The predicted molar refractivity (Wildman–Crippen MR) is 193 cm³/mol. The van der Waals surface area contributed by atoms with Crippen molar-refractivity contribution in [3.05, 3.63) is 170 Å². The van der Waals surface area contributed by atoms with E-state index >= 15 is 0 Å². The van der Waals surface area contributed by atoms with E-state index in [0.717, 1.165) is 28.2 Å². The lowest BCUT2D eigenvalue weighted by Crippen LogP contribution is -1.93. The molecule has 2 heteroatoms. The van der Waals surface area contributed by atoms with Gasteiger partial charge in [0, 0.05) is 26.3 Å². The normalized spacial score (nSPS) is 11.8. The molecular formula is C44H28OS. The minimum Gasteiger partial charge on any atom is -0.456 e. The van der Waals surface area contributed by atoms with E-state index in [-0.39, 0.29) is 0 Å². The second-order valence-electron chi connectivity index (χ2n) is 11.6. The van der Waals surface area contributed by atoms with E-state index in [1.807, 2.05) is 11.8 Å². The summed E-state index contributed by atoms with van der Waals surface area (Å²) in [4.78, 5) is 2.59. The fourth-order valence-corrected chi connectivity index (χ4v) is 7.96. The molecule has 1 aliphatic heterocycles. The van der Waals surface area contributed by atoms with Crippen LogP contribution in [0.15, 0.2) is 184 Å². The highest BCUT2D eigenvalue weighted by Crippen LogP contribution is 2.49. The zero-order chi connectivity index (χ0) is 30.5. The molecule has 1 aromatic heterocycles. The molecule has 0 spiro atoms. The summed E-state index contributed by atoms with van der Waals surface area (Å²) in [6.07, 6.45) is 0. The Morgan fingerprint density at radius 3 is 1.63 bits per heavy atom. The summed E-state index contributed by atoms with van der Waals surface area (Å²) >= 11 is 1.85. The Morgan fingerprint density at radius 1 is 0.326 bits per heavy atom. The van der Waals surface area contributed by atoms with Gasteiger partial charge in [0.1, 0.15) is 11.5 Å². The lowest BCUT2D eigenvalue weighted by molar-refractivity contribution is 0.597. The molecule has 8 aromatic rings. The Kier molecular flexibility index (Phi) is 6.47. The van der Waals surface area contributed by atoms with Crippen LogP contribution in [0.25, 0.3) is 77.9 Å². The Balaban J connectivity index is 1.13. The van der Waals surface area contributed by atoms with Crippen LogP contribution in [-0.2, 0) is 0 Å². The smallest absolute Gasteiger partial charge is 0.135 e. The summed E-state index contributed by atoms with van der Waals surface area (Å²) in [6.45, 7) is 0. The van der Waals surface area contributed by atoms with Crippen LogP contribution >= 0.6 is 11.8 Å². The van der Waals surface area contributed by atoms with Gasteiger partial charge in [0.05, 0.1) is 0 Å². The summed E-state index contributed by atoms with van der Waals surface area (Å²) in [5.41, 5.74) is 11.9. The molecule has 0 amide bonds. The van der Waals surface area contributed by atoms with Gasteiger partial charge >= 0.3 is 0 Å². The van der Waals surface area contributed by atoms with Gasteiger partial charge in [0.15, 0.2) is 0 Å². The van der Waals surface area contributed by atoms with Crippen LogP contribution in [0.4, 0.5) is 0 Å². The highest BCUT2D eigenvalue weighted by atomic mass is 32.2. The van der Waals surface area contributed by atoms with Crippen LogP contribution in [0.3, 0.4) is 0 Å². The van der Waals surface area contributed by atoms with Gasteiger partial charge in [0.2, 0.25) is 0 Å². The molecule has 0 bridgehead atoms. The molecule has 7 aromatic carbocycles. The lowest BCUT2D eigenvalue weighted by Gasteiger charge is -2.20. The third kappa shape index (κ3) is 4.50. The fraction of sp³-hybridized carbons (Fsp3) is 0. The van der Waals surface area contributed by atoms with Crippen LogP contribution in [-0.4, -0.2) is 0 Å². The maximum Gasteiger partial charge on any atom is 0.135 e. The summed E-state index contributed by atoms with van der Waals surface area (Å²) < 4.78 is 6.68. The van der Waals surface area contributed by atoms with Crippen molar-refractivity contribution in [1.82, 2.24) is 0 Å². The van der Waals surface area contributed by atoms with Crippen LogP contribution in [0, 0.1) is 0 Å². The first-order valence-electron chi connectivity index (χ1n) is 15.6. The molecule has 0 radical (unpaired) electrons. The number of rotatable bonds is 5. The Hall–Kier alpha value is -5.57. The highest BCUT2D eigenvalue weighted by molar-refractivity contribution is 7.99. The van der Waals surface area contributed by atoms with E-state index in [9.17, 15) is 0 Å². The average Bonchev–Trinajstić information content (AvgIpc) is 3.63. The van der Waals surface area contributed by atoms with E-state index in [2.05, 4.69) is 170 Å². The molecule has 46 heavy (non-hydrogen) atoms. The van der Waals surface area contributed by atoms with Crippen LogP contribution in [0.5, 0.6) is 0 Å². The molecule has 1 aliphatic rings. The summed E-state index contributed by atoms with van der Waals surface area (Å²) in [5, 5.41) is 2.61. The van der Waals surface area contributed by atoms with Gasteiger partial charge in [-0.1, -0.05) is 151 Å². The molecule has 1 nitrogen and oxygen atoms in total. The zero-order valence-electron chi connectivity index (χ0n) is 25.0. The van der Waals surface area contributed by atoms with E-state index < -0.39 is 0 Å². The number of furan rings is 1. The van der Waals surface area contributed by atoms with Crippen LogP contribution in [0.2, 0.25) is 0 Å². The van der Waals surface area contributed by atoms with E-state index in [0.29, 0.717) is 0 Å². The fourth-order valence-electron chi connectivity index (χ4n) is 6.83. The number of hydrogen-bond donors (Lipinski definition) is 0. The molecule has 0 aliphatic carbocycles. The molecule has 2 heterocycles. The Morgan fingerprint density at radius 2 is 0.891 bits per heavy atom. The van der Waals surface area contributed by atoms with Gasteiger partial charge in [-0.3, -0.25) is 0 Å². The zero-order valence-corrected chi connectivity index (χ0v) is 25.8. The van der Waals surface area contributed by atoms with Crippen molar-refractivity contribution in [1.29, 1.82) is 0 Å². The first-order valence-corrected chi connectivity index (χ1v) is 16.4. The van der Waals surface area contributed by atoms with Gasteiger partial charge in [-0.2, -0.15) is 0 Å². The first-order chi connectivity index (χ1) is 22.8. The standard InChI is InChI=1S/C44H28OS/c1-2-12-29(13-3-1)32-16-4-5-17-33(32)34-18-6-7-19-35(34)36-20-8-9-21-37(36)41-26-25-40(45-41)31-24-27-42-39(28-31)38-22-10-14-30-15-11-23-43(46-42)44(30)38/h1-28H. The maximum atomic E-state index is 6.68.